The topological polar surface area (TPSA) is 38.8 Å². The Hall–Kier alpha value is -2.49. The van der Waals surface area contributed by atoms with Crippen LogP contribution >= 0.6 is 0 Å². The molecule has 1 aliphatic rings. The third kappa shape index (κ3) is 5.51. The molecule has 0 spiro atoms. The quantitative estimate of drug-likeness (QED) is 0.597. The van der Waals surface area contributed by atoms with Gasteiger partial charge >= 0.3 is 0 Å². The van der Waals surface area contributed by atoms with Crippen LogP contribution in [0.15, 0.2) is 48.5 Å². The zero-order valence-corrected chi connectivity index (χ0v) is 17.2. The van der Waals surface area contributed by atoms with Gasteiger partial charge in [0.05, 0.1) is 13.2 Å². The zero-order chi connectivity index (χ0) is 19.9. The van der Waals surface area contributed by atoms with Gasteiger partial charge < -0.3 is 19.2 Å². The average Bonchev–Trinajstić information content (AvgIpc) is 3.15. The number of carbonyl (C=O) groups is 1. The van der Waals surface area contributed by atoms with Crippen molar-refractivity contribution >= 4 is 11.5 Å². The highest BCUT2D eigenvalue weighted by Gasteiger charge is 2.24. The summed E-state index contributed by atoms with van der Waals surface area (Å²) in [4.78, 5) is 13.7. The lowest BCUT2D eigenvalue weighted by Crippen LogP contribution is -2.24. The van der Waals surface area contributed by atoms with Crippen molar-refractivity contribution in [3.05, 3.63) is 54.1 Å². The molecule has 0 aliphatic carbocycles. The lowest BCUT2D eigenvalue weighted by atomic mass is 9.96. The molecule has 0 bridgehead atoms. The molecule has 2 aromatic rings. The highest BCUT2D eigenvalue weighted by Crippen LogP contribution is 2.27. The van der Waals surface area contributed by atoms with E-state index in [1.807, 2.05) is 24.3 Å². The molecule has 4 heteroatoms. The Kier molecular flexibility index (Phi) is 6.96. The molecule has 2 atom stereocenters. The van der Waals surface area contributed by atoms with Crippen molar-refractivity contribution in [2.24, 2.45) is 0 Å². The molecule has 0 N–H and O–H groups in total. The van der Waals surface area contributed by atoms with E-state index in [0.717, 1.165) is 44.0 Å². The minimum absolute atomic E-state index is 0.191. The Morgan fingerprint density at radius 2 is 1.79 bits per heavy atom. The van der Waals surface area contributed by atoms with E-state index in [0.29, 0.717) is 6.42 Å². The van der Waals surface area contributed by atoms with Crippen LogP contribution in [0.25, 0.3) is 0 Å². The Labute approximate surface area is 168 Å². The van der Waals surface area contributed by atoms with Crippen molar-refractivity contribution in [2.45, 2.75) is 52.1 Å². The Morgan fingerprint density at radius 1 is 1.11 bits per heavy atom. The van der Waals surface area contributed by atoms with Crippen LogP contribution in [0, 0.1) is 0 Å². The molecule has 1 unspecified atom stereocenters. The Balaban J connectivity index is 1.52. The van der Waals surface area contributed by atoms with E-state index in [4.69, 9.17) is 9.47 Å². The Bertz CT molecular complexity index is 754. The summed E-state index contributed by atoms with van der Waals surface area (Å²) in [5.74, 6) is 2.30. The first kappa shape index (κ1) is 20.2. The molecule has 150 valence electrons. The maximum atomic E-state index is 11.3. The van der Waals surface area contributed by atoms with E-state index >= 15 is 0 Å². The van der Waals surface area contributed by atoms with Crippen molar-refractivity contribution in [3.63, 3.8) is 0 Å². The van der Waals surface area contributed by atoms with E-state index in [2.05, 4.69) is 43.0 Å². The number of ether oxygens (including phenoxy) is 2. The lowest BCUT2D eigenvalue weighted by Gasteiger charge is -2.20. The molecule has 1 fully saturated rings. The molecule has 1 aliphatic heterocycles. The molecule has 28 heavy (non-hydrogen) atoms. The normalized spacial score (nSPS) is 17.4. The monoisotopic (exact) mass is 381 g/mol. The number of hydrogen-bond acceptors (Lipinski definition) is 4. The van der Waals surface area contributed by atoms with Crippen molar-refractivity contribution < 1.29 is 14.3 Å². The summed E-state index contributed by atoms with van der Waals surface area (Å²) in [6.45, 7) is 8.48. The molecule has 1 saturated heterocycles. The largest absolute Gasteiger partial charge is 0.494 e. The van der Waals surface area contributed by atoms with Crippen molar-refractivity contribution in [1.82, 2.24) is 0 Å². The maximum absolute atomic E-state index is 11.3. The second-order valence-electron chi connectivity index (χ2n) is 7.69. The van der Waals surface area contributed by atoms with Crippen molar-refractivity contribution in [1.29, 1.82) is 0 Å². The molecular formula is C24H31NO3. The number of nitrogens with zero attached hydrogens (tertiary/aromatic N) is 1. The van der Waals surface area contributed by atoms with Crippen molar-refractivity contribution in [2.75, 3.05) is 24.6 Å². The van der Waals surface area contributed by atoms with Crippen LogP contribution in [-0.4, -0.2) is 31.6 Å². The van der Waals surface area contributed by atoms with E-state index in [1.165, 1.54) is 11.3 Å². The van der Waals surface area contributed by atoms with Gasteiger partial charge in [0.1, 0.15) is 23.4 Å². The van der Waals surface area contributed by atoms with E-state index in [-0.39, 0.29) is 17.8 Å². The van der Waals surface area contributed by atoms with Gasteiger partial charge in [0.15, 0.2) is 0 Å². The fraction of sp³-hybridized carbons (Fsp3) is 0.458. The summed E-state index contributed by atoms with van der Waals surface area (Å²) in [6, 6.07) is 16.5. The van der Waals surface area contributed by atoms with Gasteiger partial charge in [-0.25, -0.2) is 0 Å². The van der Waals surface area contributed by atoms with Crippen LogP contribution in [0.3, 0.4) is 0 Å². The summed E-state index contributed by atoms with van der Waals surface area (Å²) in [5, 5.41) is 0. The SMILES string of the molecule is CCCOc1ccc(N2CCC(Oc3ccc([C@H](C)CC(C)=O)cc3)C2)cc1. The maximum Gasteiger partial charge on any atom is 0.130 e. The summed E-state index contributed by atoms with van der Waals surface area (Å²) < 4.78 is 11.8. The summed E-state index contributed by atoms with van der Waals surface area (Å²) in [5.41, 5.74) is 2.39. The number of benzene rings is 2. The van der Waals surface area contributed by atoms with Gasteiger partial charge in [-0.2, -0.15) is 0 Å². The first-order valence-corrected chi connectivity index (χ1v) is 10.3. The van der Waals surface area contributed by atoms with Crippen LogP contribution in [0.4, 0.5) is 5.69 Å². The lowest BCUT2D eigenvalue weighted by molar-refractivity contribution is -0.117. The van der Waals surface area contributed by atoms with Gasteiger partial charge in [-0.05, 0) is 61.2 Å². The molecule has 2 aromatic carbocycles. The minimum atomic E-state index is 0.191. The number of rotatable bonds is 9. The second kappa shape index (κ2) is 9.63. The zero-order valence-electron chi connectivity index (χ0n) is 17.2. The molecule has 0 saturated carbocycles. The standard InChI is InChI=1S/C24H31NO3/c1-4-15-27-22-11-7-21(8-12-22)25-14-13-24(17-25)28-23-9-5-20(6-10-23)18(2)16-19(3)26/h5-12,18,24H,4,13-17H2,1-3H3/t18-,24?/m1/s1. The van der Waals surface area contributed by atoms with Gasteiger partial charge in [0.2, 0.25) is 0 Å². The molecule has 0 amide bonds. The molecule has 0 radical (unpaired) electrons. The Morgan fingerprint density at radius 3 is 2.43 bits per heavy atom. The third-order valence-electron chi connectivity index (χ3n) is 5.17. The highest BCUT2D eigenvalue weighted by molar-refractivity contribution is 5.76. The van der Waals surface area contributed by atoms with Crippen LogP contribution < -0.4 is 14.4 Å². The first-order valence-electron chi connectivity index (χ1n) is 10.3. The molecule has 3 rings (SSSR count). The average molecular weight is 382 g/mol. The summed E-state index contributed by atoms with van der Waals surface area (Å²) >= 11 is 0. The molecular weight excluding hydrogens is 350 g/mol. The van der Waals surface area contributed by atoms with E-state index < -0.39 is 0 Å². The first-order chi connectivity index (χ1) is 13.5. The summed E-state index contributed by atoms with van der Waals surface area (Å²) in [7, 11) is 0. The minimum Gasteiger partial charge on any atom is -0.494 e. The predicted molar refractivity (Wildman–Crippen MR) is 114 cm³/mol. The summed E-state index contributed by atoms with van der Waals surface area (Å²) in [6.07, 6.45) is 2.80. The number of hydrogen-bond donors (Lipinski definition) is 0. The second-order valence-corrected chi connectivity index (χ2v) is 7.69. The van der Waals surface area contributed by atoms with Crippen LogP contribution in [-0.2, 0) is 4.79 Å². The molecule has 0 aromatic heterocycles. The van der Waals surface area contributed by atoms with Gasteiger partial charge in [0, 0.05) is 25.1 Å². The molecule has 1 heterocycles. The van der Waals surface area contributed by atoms with Crippen LogP contribution in [0.5, 0.6) is 11.5 Å². The fourth-order valence-corrected chi connectivity index (χ4v) is 3.65. The van der Waals surface area contributed by atoms with Crippen LogP contribution in [0.1, 0.15) is 51.5 Å². The number of carbonyl (C=O) groups excluding carboxylic acids is 1. The fourth-order valence-electron chi connectivity index (χ4n) is 3.65. The predicted octanol–water partition coefficient (Wildman–Crippen LogP) is 5.22. The number of anilines is 1. The smallest absolute Gasteiger partial charge is 0.130 e. The van der Waals surface area contributed by atoms with Gasteiger partial charge in [0.25, 0.3) is 0 Å². The highest BCUT2D eigenvalue weighted by atomic mass is 16.5. The van der Waals surface area contributed by atoms with E-state index in [1.54, 1.807) is 6.92 Å². The van der Waals surface area contributed by atoms with Crippen LogP contribution in [0.2, 0.25) is 0 Å². The number of ketones is 1. The number of Topliss-reactive ketones (excluding diaryl/α,β-unsaturated/α-hetero) is 1. The van der Waals surface area contributed by atoms with Gasteiger partial charge in [-0.1, -0.05) is 26.0 Å². The van der Waals surface area contributed by atoms with Gasteiger partial charge in [-0.3, -0.25) is 0 Å². The van der Waals surface area contributed by atoms with Gasteiger partial charge in [-0.15, -0.1) is 0 Å². The molecule has 4 nitrogen and oxygen atoms in total. The van der Waals surface area contributed by atoms with E-state index in [9.17, 15) is 4.79 Å². The third-order valence-corrected chi connectivity index (χ3v) is 5.17. The van der Waals surface area contributed by atoms with Crippen molar-refractivity contribution in [3.8, 4) is 11.5 Å².